The maximum atomic E-state index is 10.6. The second kappa shape index (κ2) is 3.36. The molecule has 0 spiro atoms. The van der Waals surface area contributed by atoms with Gasteiger partial charge in [0.2, 0.25) is 0 Å². The molecule has 0 aromatic heterocycles. The summed E-state index contributed by atoms with van der Waals surface area (Å²) in [6.45, 7) is 0. The van der Waals surface area contributed by atoms with Crippen molar-refractivity contribution in [2.75, 3.05) is 0 Å². The number of hydrogen-bond acceptors (Lipinski definition) is 1. The number of carbonyl (C=O) groups is 1. The highest BCUT2D eigenvalue weighted by Gasteiger charge is 2.48. The predicted octanol–water partition coefficient (Wildman–Crippen LogP) is 2.84. The molecule has 2 nitrogen and oxygen atoms in total. The smallest absolute Gasteiger partial charge is 0.303 e. The van der Waals surface area contributed by atoms with Crippen molar-refractivity contribution in [2.45, 2.75) is 38.5 Å². The zero-order chi connectivity index (χ0) is 10.4. The minimum atomic E-state index is -0.640. The van der Waals surface area contributed by atoms with Crippen LogP contribution < -0.4 is 0 Å². The second-order valence-corrected chi connectivity index (χ2v) is 5.41. The number of aliphatic carboxylic acids is 1. The van der Waals surface area contributed by atoms with E-state index in [1.807, 2.05) is 0 Å². The first-order valence-corrected chi connectivity index (χ1v) is 6.18. The summed E-state index contributed by atoms with van der Waals surface area (Å²) in [6, 6.07) is 0. The number of fused-ring (bicyclic) bond motifs is 5. The topological polar surface area (TPSA) is 37.3 Å². The average Bonchev–Trinajstić information content (AvgIpc) is 2.86. The van der Waals surface area contributed by atoms with Crippen molar-refractivity contribution in [3.05, 3.63) is 11.6 Å². The van der Waals surface area contributed by atoms with Crippen LogP contribution in [0, 0.1) is 23.7 Å². The monoisotopic (exact) mass is 206 g/mol. The fourth-order valence-electron chi connectivity index (χ4n) is 4.18. The summed E-state index contributed by atoms with van der Waals surface area (Å²) < 4.78 is 0. The van der Waals surface area contributed by atoms with Crippen LogP contribution in [0.4, 0.5) is 0 Å². The summed E-state index contributed by atoms with van der Waals surface area (Å²) in [7, 11) is 0. The number of allylic oxidation sites excluding steroid dienone is 2. The molecule has 1 N–H and O–H groups in total. The Kier molecular flexibility index (Phi) is 2.11. The molecular formula is C13H18O2. The molecule has 82 valence electrons. The Labute approximate surface area is 90.4 Å². The van der Waals surface area contributed by atoms with E-state index in [1.54, 1.807) is 5.57 Å². The molecular weight excluding hydrogens is 188 g/mol. The quantitative estimate of drug-likeness (QED) is 0.721. The lowest BCUT2D eigenvalue weighted by Gasteiger charge is -2.26. The SMILES string of the molecule is O=C(O)CCC1C=C2CC1C1CCCC21. The van der Waals surface area contributed by atoms with E-state index in [-0.39, 0.29) is 0 Å². The van der Waals surface area contributed by atoms with Gasteiger partial charge in [-0.05, 0) is 49.4 Å². The predicted molar refractivity (Wildman–Crippen MR) is 57.4 cm³/mol. The summed E-state index contributed by atoms with van der Waals surface area (Å²) >= 11 is 0. The molecule has 0 aromatic carbocycles. The Balaban J connectivity index is 1.70. The third-order valence-corrected chi connectivity index (χ3v) is 4.74. The van der Waals surface area contributed by atoms with Gasteiger partial charge in [0.1, 0.15) is 0 Å². The maximum Gasteiger partial charge on any atom is 0.303 e. The van der Waals surface area contributed by atoms with Gasteiger partial charge in [-0.2, -0.15) is 0 Å². The maximum absolute atomic E-state index is 10.6. The molecule has 3 rings (SSSR count). The van der Waals surface area contributed by atoms with Gasteiger partial charge < -0.3 is 5.11 Å². The van der Waals surface area contributed by atoms with Crippen LogP contribution in [0.2, 0.25) is 0 Å². The molecule has 2 fully saturated rings. The molecule has 0 heterocycles. The molecule has 3 aliphatic carbocycles. The Morgan fingerprint density at radius 3 is 3.07 bits per heavy atom. The molecule has 2 saturated carbocycles. The number of carboxylic acid groups (broad SMARTS) is 1. The van der Waals surface area contributed by atoms with Crippen molar-refractivity contribution < 1.29 is 9.90 Å². The van der Waals surface area contributed by atoms with E-state index >= 15 is 0 Å². The van der Waals surface area contributed by atoms with E-state index in [0.29, 0.717) is 12.3 Å². The van der Waals surface area contributed by atoms with Gasteiger partial charge in [-0.3, -0.25) is 4.79 Å². The van der Waals surface area contributed by atoms with Crippen LogP contribution in [-0.2, 0) is 4.79 Å². The number of rotatable bonds is 3. The third-order valence-electron chi connectivity index (χ3n) is 4.74. The first kappa shape index (κ1) is 9.44. The van der Waals surface area contributed by atoms with Crippen LogP contribution in [0.5, 0.6) is 0 Å². The van der Waals surface area contributed by atoms with Crippen LogP contribution in [0.25, 0.3) is 0 Å². The third kappa shape index (κ3) is 1.42. The summed E-state index contributed by atoms with van der Waals surface area (Å²) in [5.74, 6) is 2.58. The molecule has 2 bridgehead atoms. The number of hydrogen-bond donors (Lipinski definition) is 1. The minimum Gasteiger partial charge on any atom is -0.481 e. The molecule has 0 radical (unpaired) electrons. The molecule has 3 aliphatic rings. The van der Waals surface area contributed by atoms with Gasteiger partial charge in [-0.25, -0.2) is 0 Å². The molecule has 15 heavy (non-hydrogen) atoms. The van der Waals surface area contributed by atoms with E-state index in [0.717, 1.165) is 24.2 Å². The lowest BCUT2D eigenvalue weighted by Crippen LogP contribution is -2.20. The highest BCUT2D eigenvalue weighted by molar-refractivity contribution is 5.66. The fourth-order valence-corrected chi connectivity index (χ4v) is 4.18. The summed E-state index contributed by atoms with van der Waals surface area (Å²) in [5.41, 5.74) is 1.68. The minimum absolute atomic E-state index is 0.350. The summed E-state index contributed by atoms with van der Waals surface area (Å²) in [6.07, 6.45) is 9.12. The van der Waals surface area contributed by atoms with Gasteiger partial charge in [0, 0.05) is 6.42 Å². The van der Waals surface area contributed by atoms with Crippen molar-refractivity contribution in [2.24, 2.45) is 23.7 Å². The first-order chi connectivity index (χ1) is 7.25. The van der Waals surface area contributed by atoms with Gasteiger partial charge >= 0.3 is 5.97 Å². The molecule has 2 heteroatoms. The van der Waals surface area contributed by atoms with E-state index < -0.39 is 5.97 Å². The van der Waals surface area contributed by atoms with Crippen LogP contribution in [0.15, 0.2) is 11.6 Å². The van der Waals surface area contributed by atoms with Crippen molar-refractivity contribution >= 4 is 5.97 Å². The molecule has 4 unspecified atom stereocenters. The second-order valence-electron chi connectivity index (χ2n) is 5.41. The molecule has 0 aromatic rings. The van der Waals surface area contributed by atoms with Gasteiger partial charge in [-0.1, -0.05) is 18.1 Å². The lowest BCUT2D eigenvalue weighted by atomic mass is 9.78. The van der Waals surface area contributed by atoms with Crippen molar-refractivity contribution in [1.82, 2.24) is 0 Å². The summed E-state index contributed by atoms with van der Waals surface area (Å²) in [4.78, 5) is 10.6. The molecule has 0 aliphatic heterocycles. The van der Waals surface area contributed by atoms with Crippen LogP contribution >= 0.6 is 0 Å². The van der Waals surface area contributed by atoms with Gasteiger partial charge in [-0.15, -0.1) is 0 Å². The normalized spacial score (nSPS) is 41.7. The van der Waals surface area contributed by atoms with Gasteiger partial charge in [0.05, 0.1) is 0 Å². The van der Waals surface area contributed by atoms with E-state index in [9.17, 15) is 4.79 Å². The molecule has 0 amide bonds. The highest BCUT2D eigenvalue weighted by Crippen LogP contribution is 2.58. The Bertz CT molecular complexity index is 318. The highest BCUT2D eigenvalue weighted by atomic mass is 16.4. The van der Waals surface area contributed by atoms with Crippen molar-refractivity contribution in [1.29, 1.82) is 0 Å². The van der Waals surface area contributed by atoms with Crippen molar-refractivity contribution in [3.63, 3.8) is 0 Å². The largest absolute Gasteiger partial charge is 0.481 e. The Morgan fingerprint density at radius 1 is 1.40 bits per heavy atom. The zero-order valence-electron chi connectivity index (χ0n) is 8.98. The Morgan fingerprint density at radius 2 is 2.27 bits per heavy atom. The van der Waals surface area contributed by atoms with Crippen molar-refractivity contribution in [3.8, 4) is 0 Å². The first-order valence-electron chi connectivity index (χ1n) is 6.18. The lowest BCUT2D eigenvalue weighted by molar-refractivity contribution is -0.137. The van der Waals surface area contributed by atoms with E-state index in [4.69, 9.17) is 5.11 Å². The Hall–Kier alpha value is -0.790. The van der Waals surface area contributed by atoms with Crippen LogP contribution in [0.3, 0.4) is 0 Å². The molecule has 4 atom stereocenters. The van der Waals surface area contributed by atoms with Crippen LogP contribution in [-0.4, -0.2) is 11.1 Å². The number of carboxylic acids is 1. The van der Waals surface area contributed by atoms with Crippen LogP contribution in [0.1, 0.15) is 38.5 Å². The zero-order valence-corrected chi connectivity index (χ0v) is 8.98. The van der Waals surface area contributed by atoms with E-state index in [1.165, 1.54) is 25.7 Å². The molecule has 0 saturated heterocycles. The standard InChI is InChI=1S/C13H18O2/c14-13(15)5-4-8-6-9-7-12(8)11-3-1-2-10(9)11/h6,8,10-12H,1-5,7H2,(H,14,15). The fraction of sp³-hybridized carbons (Fsp3) is 0.769. The van der Waals surface area contributed by atoms with Gasteiger partial charge in [0.25, 0.3) is 0 Å². The van der Waals surface area contributed by atoms with E-state index in [2.05, 4.69) is 6.08 Å². The summed E-state index contributed by atoms with van der Waals surface area (Å²) in [5, 5.41) is 8.71. The van der Waals surface area contributed by atoms with Gasteiger partial charge in [0.15, 0.2) is 0 Å². The average molecular weight is 206 g/mol.